The smallest absolute Gasteiger partial charge is 0.233 e. The minimum atomic E-state index is -1.40. The molecule has 2 amide bonds. The van der Waals surface area contributed by atoms with Crippen LogP contribution in [-0.4, -0.2) is 39.4 Å². The van der Waals surface area contributed by atoms with Gasteiger partial charge in [0.05, 0.1) is 17.3 Å². The van der Waals surface area contributed by atoms with Crippen LogP contribution in [-0.2, 0) is 24.6 Å². The van der Waals surface area contributed by atoms with E-state index in [1.807, 2.05) is 66.7 Å². The Kier molecular flexibility index (Phi) is 7.32. The summed E-state index contributed by atoms with van der Waals surface area (Å²) in [5.41, 5.74) is 1.55. The number of halogens is 1. The molecule has 238 valence electrons. The van der Waals surface area contributed by atoms with Crippen molar-refractivity contribution in [2.24, 2.45) is 23.7 Å². The fourth-order valence-electron chi connectivity index (χ4n) is 9.70. The summed E-state index contributed by atoms with van der Waals surface area (Å²) in [7, 11) is 0. The van der Waals surface area contributed by atoms with Gasteiger partial charge in [-0.25, -0.2) is 0 Å². The average Bonchev–Trinajstić information content (AvgIpc) is 3.36. The number of hydrogen-bond acceptors (Lipinski definition) is 5. The summed E-state index contributed by atoms with van der Waals surface area (Å²) in [6.45, 7) is 0. The normalized spacial score (nSPS) is 30.7. The molecule has 0 spiro atoms. The fourth-order valence-corrected chi connectivity index (χ4v) is 9.88. The second-order valence-electron chi connectivity index (χ2n) is 13.8. The summed E-state index contributed by atoms with van der Waals surface area (Å²) in [5, 5.41) is 11.9. The lowest BCUT2D eigenvalue weighted by Gasteiger charge is -2.55. The van der Waals surface area contributed by atoms with Crippen molar-refractivity contribution in [3.63, 3.8) is 0 Å². The van der Waals surface area contributed by atoms with Gasteiger partial charge in [0.25, 0.3) is 0 Å². The van der Waals surface area contributed by atoms with Gasteiger partial charge in [-0.15, -0.1) is 0 Å². The first kappa shape index (κ1) is 30.1. The molecule has 1 heterocycles. The number of carbonyl (C=O) groups is 4. The maximum atomic E-state index is 15.0. The molecule has 6 atom stereocenters. The van der Waals surface area contributed by atoms with Gasteiger partial charge in [-0.3, -0.25) is 24.1 Å². The Balaban J connectivity index is 1.36. The number of likely N-dealkylation sites (tertiary alicyclic amines) is 1. The van der Waals surface area contributed by atoms with Crippen molar-refractivity contribution in [1.82, 2.24) is 4.90 Å². The first-order valence-electron chi connectivity index (χ1n) is 16.8. The Morgan fingerprint density at radius 2 is 1.51 bits per heavy atom. The third kappa shape index (κ3) is 4.44. The van der Waals surface area contributed by atoms with E-state index in [4.69, 9.17) is 11.6 Å². The molecule has 3 aromatic rings. The van der Waals surface area contributed by atoms with Crippen LogP contribution < -0.4 is 0 Å². The summed E-state index contributed by atoms with van der Waals surface area (Å²) < 4.78 is 0. The van der Waals surface area contributed by atoms with E-state index in [0.717, 1.165) is 37.7 Å². The van der Waals surface area contributed by atoms with Gasteiger partial charge in [0, 0.05) is 34.0 Å². The van der Waals surface area contributed by atoms with Crippen molar-refractivity contribution in [1.29, 1.82) is 0 Å². The SMILES string of the molecule is O=C1C(c2ccccc2)=CC(=O)C2(c3ccccc3)C1CC1C(=CCC3C(=O)N(C4CCCCC4)C(=O)C31)C2c1cc(Cl)ccc1O. The number of rotatable bonds is 4. The number of phenolic OH excluding ortho intramolecular Hbond substituents is 1. The van der Waals surface area contributed by atoms with E-state index >= 15 is 4.79 Å². The molecular weight excluding hydrogens is 610 g/mol. The maximum absolute atomic E-state index is 15.0. The minimum Gasteiger partial charge on any atom is -0.508 e. The van der Waals surface area contributed by atoms with Crippen molar-refractivity contribution in [2.45, 2.75) is 62.3 Å². The lowest BCUT2D eigenvalue weighted by Crippen LogP contribution is -2.58. The quantitative estimate of drug-likeness (QED) is 0.239. The molecule has 2 saturated carbocycles. The number of fused-ring (bicyclic) bond motifs is 4. The Morgan fingerprint density at radius 3 is 2.23 bits per heavy atom. The number of benzene rings is 3. The Bertz CT molecular complexity index is 1860. The standard InChI is InChI=1S/C40H36ClNO5/c41-25-16-19-33(43)31(20-25)36-27-17-18-28-35(39(47)42(38(28)46)26-14-8-3-9-15-26)30(27)21-32-37(45)29(23-10-4-1-5-11-23)22-34(44)40(32,36)24-12-6-2-7-13-24/h1-2,4-7,10-13,16-17,19-20,22,26,28,30,32,35-36,43H,3,8-9,14-15,18,21H2. The zero-order valence-corrected chi connectivity index (χ0v) is 26.7. The van der Waals surface area contributed by atoms with Gasteiger partial charge < -0.3 is 5.11 Å². The Morgan fingerprint density at radius 1 is 0.809 bits per heavy atom. The van der Waals surface area contributed by atoms with Crippen LogP contribution in [0.1, 0.15) is 67.6 Å². The molecule has 3 aromatic carbocycles. The number of phenols is 1. The van der Waals surface area contributed by atoms with Crippen LogP contribution in [0.5, 0.6) is 5.75 Å². The number of aromatic hydroxyl groups is 1. The van der Waals surface area contributed by atoms with Crippen molar-refractivity contribution >= 4 is 40.6 Å². The third-order valence-corrected chi connectivity index (χ3v) is 11.9. The lowest BCUT2D eigenvalue weighted by atomic mass is 9.44. The van der Waals surface area contributed by atoms with E-state index in [9.17, 15) is 19.5 Å². The second kappa shape index (κ2) is 11.4. The van der Waals surface area contributed by atoms with Gasteiger partial charge >= 0.3 is 0 Å². The molecule has 1 saturated heterocycles. The van der Waals surface area contributed by atoms with E-state index in [-0.39, 0.29) is 41.6 Å². The highest BCUT2D eigenvalue weighted by atomic mass is 35.5. The molecule has 3 fully saturated rings. The van der Waals surface area contributed by atoms with Gasteiger partial charge in [0.15, 0.2) is 11.6 Å². The molecule has 1 N–H and O–H groups in total. The molecule has 6 nitrogen and oxygen atoms in total. The summed E-state index contributed by atoms with van der Waals surface area (Å²) in [6.07, 6.45) is 8.85. The van der Waals surface area contributed by atoms with Gasteiger partial charge in [0.1, 0.15) is 5.75 Å². The molecule has 4 aliphatic carbocycles. The first-order valence-corrected chi connectivity index (χ1v) is 17.2. The number of hydrogen-bond donors (Lipinski definition) is 1. The average molecular weight is 646 g/mol. The molecule has 0 aromatic heterocycles. The van der Waals surface area contributed by atoms with E-state index in [1.54, 1.807) is 17.0 Å². The van der Waals surface area contributed by atoms with Crippen molar-refractivity contribution in [3.05, 3.63) is 118 Å². The van der Waals surface area contributed by atoms with Crippen LogP contribution in [0, 0.1) is 23.7 Å². The van der Waals surface area contributed by atoms with Crippen LogP contribution in [0.25, 0.3) is 5.57 Å². The van der Waals surface area contributed by atoms with Crippen LogP contribution in [0.3, 0.4) is 0 Å². The zero-order valence-electron chi connectivity index (χ0n) is 26.0. The molecule has 8 rings (SSSR count). The predicted octanol–water partition coefficient (Wildman–Crippen LogP) is 7.20. The summed E-state index contributed by atoms with van der Waals surface area (Å²) in [6, 6.07) is 23.3. The van der Waals surface area contributed by atoms with Crippen molar-refractivity contribution in [2.75, 3.05) is 0 Å². The lowest BCUT2D eigenvalue weighted by molar-refractivity contribution is -0.144. The maximum Gasteiger partial charge on any atom is 0.233 e. The second-order valence-corrected chi connectivity index (χ2v) is 14.3. The fraction of sp³-hybridized carbons (Fsp3) is 0.350. The highest BCUT2D eigenvalue weighted by Crippen LogP contribution is 2.64. The van der Waals surface area contributed by atoms with Gasteiger partial charge in [0.2, 0.25) is 11.8 Å². The van der Waals surface area contributed by atoms with Crippen LogP contribution in [0.4, 0.5) is 0 Å². The zero-order chi connectivity index (χ0) is 32.4. The Hall–Kier alpha value is -4.29. The largest absolute Gasteiger partial charge is 0.508 e. The topological polar surface area (TPSA) is 91.8 Å². The van der Waals surface area contributed by atoms with Gasteiger partial charge in [-0.2, -0.15) is 0 Å². The highest BCUT2D eigenvalue weighted by Gasteiger charge is 2.66. The van der Waals surface area contributed by atoms with Gasteiger partial charge in [-0.05, 0) is 67.0 Å². The molecule has 47 heavy (non-hydrogen) atoms. The van der Waals surface area contributed by atoms with E-state index < -0.39 is 35.0 Å². The van der Waals surface area contributed by atoms with E-state index in [2.05, 4.69) is 0 Å². The van der Waals surface area contributed by atoms with E-state index in [1.165, 1.54) is 12.1 Å². The molecule has 0 radical (unpaired) electrons. The molecule has 5 aliphatic rings. The number of ketones is 2. The Labute approximate surface area is 279 Å². The van der Waals surface area contributed by atoms with Crippen molar-refractivity contribution < 1.29 is 24.3 Å². The monoisotopic (exact) mass is 645 g/mol. The molecule has 0 bridgehead atoms. The first-order chi connectivity index (χ1) is 22.8. The number of imide groups is 1. The van der Waals surface area contributed by atoms with Crippen LogP contribution in [0.2, 0.25) is 5.02 Å². The molecule has 6 unspecified atom stereocenters. The number of allylic oxidation sites excluding steroid dienone is 4. The number of carbonyl (C=O) groups excluding carboxylic acids is 4. The minimum absolute atomic E-state index is 0.0344. The molecular formula is C40H36ClNO5. The van der Waals surface area contributed by atoms with Crippen LogP contribution >= 0.6 is 11.6 Å². The summed E-state index contributed by atoms with van der Waals surface area (Å²) in [5.74, 6) is -3.94. The summed E-state index contributed by atoms with van der Waals surface area (Å²) in [4.78, 5) is 60.0. The van der Waals surface area contributed by atoms with E-state index in [0.29, 0.717) is 33.7 Å². The number of Topliss-reactive ketones (excluding diaryl/α,β-unsaturated/α-hetero) is 1. The van der Waals surface area contributed by atoms with Crippen LogP contribution in [0.15, 0.2) is 96.6 Å². The third-order valence-electron chi connectivity index (χ3n) is 11.6. The highest BCUT2D eigenvalue weighted by molar-refractivity contribution is 6.32. The van der Waals surface area contributed by atoms with Gasteiger partial charge in [-0.1, -0.05) is 103 Å². The molecule has 1 aliphatic heterocycles. The summed E-state index contributed by atoms with van der Waals surface area (Å²) >= 11 is 6.58. The number of amides is 2. The predicted molar refractivity (Wildman–Crippen MR) is 178 cm³/mol. The van der Waals surface area contributed by atoms with Crippen molar-refractivity contribution in [3.8, 4) is 5.75 Å². The number of nitrogens with zero attached hydrogens (tertiary/aromatic N) is 1. The molecule has 7 heteroatoms.